The van der Waals surface area contributed by atoms with E-state index < -0.39 is 0 Å². The van der Waals surface area contributed by atoms with Crippen LogP contribution in [0.15, 0.2) is 12.7 Å². The molecule has 2 heteroatoms. The molecule has 1 aliphatic carbocycles. The number of nitrogens with zero attached hydrogens (tertiary/aromatic N) is 1. The highest BCUT2D eigenvalue weighted by molar-refractivity contribution is 5.05. The zero-order valence-electron chi connectivity index (χ0n) is 12.0. The standard InChI is InChI=1S/C15H30N2/c1-5-11-14(16-6-2)15(12-9-10-13-15)17(7-3)8-4/h5,14,16H,1,6-13H2,2-4H3. The third-order valence-electron chi connectivity index (χ3n) is 4.36. The molecule has 0 aromatic carbocycles. The zero-order chi connectivity index (χ0) is 12.7. The van der Waals surface area contributed by atoms with Gasteiger partial charge in [0.15, 0.2) is 0 Å². The molecule has 1 aliphatic rings. The van der Waals surface area contributed by atoms with Crippen molar-refractivity contribution in [2.45, 2.75) is 64.5 Å². The van der Waals surface area contributed by atoms with Crippen molar-refractivity contribution in [3.8, 4) is 0 Å². The van der Waals surface area contributed by atoms with E-state index in [0.29, 0.717) is 11.6 Å². The summed E-state index contributed by atoms with van der Waals surface area (Å²) >= 11 is 0. The smallest absolute Gasteiger partial charge is 0.0365 e. The van der Waals surface area contributed by atoms with Gasteiger partial charge in [-0.3, -0.25) is 4.90 Å². The lowest BCUT2D eigenvalue weighted by atomic mass is 9.84. The van der Waals surface area contributed by atoms with E-state index in [2.05, 4.69) is 43.6 Å². The van der Waals surface area contributed by atoms with Gasteiger partial charge in [0.1, 0.15) is 0 Å². The van der Waals surface area contributed by atoms with Crippen LogP contribution in [-0.4, -0.2) is 36.1 Å². The Balaban J connectivity index is 2.89. The predicted octanol–water partition coefficient (Wildman–Crippen LogP) is 3.20. The Morgan fingerprint density at radius 3 is 2.24 bits per heavy atom. The molecule has 0 aromatic heterocycles. The van der Waals surface area contributed by atoms with E-state index in [9.17, 15) is 0 Å². The van der Waals surface area contributed by atoms with Gasteiger partial charge >= 0.3 is 0 Å². The van der Waals surface area contributed by atoms with Crippen molar-refractivity contribution in [1.29, 1.82) is 0 Å². The fraction of sp³-hybridized carbons (Fsp3) is 0.867. The predicted molar refractivity (Wildman–Crippen MR) is 76.4 cm³/mol. The molecule has 0 saturated heterocycles. The van der Waals surface area contributed by atoms with Crippen LogP contribution in [-0.2, 0) is 0 Å². The molecule has 1 rings (SSSR count). The molecule has 1 fully saturated rings. The molecular formula is C15H30N2. The molecule has 1 N–H and O–H groups in total. The topological polar surface area (TPSA) is 15.3 Å². The second-order valence-electron chi connectivity index (χ2n) is 5.12. The van der Waals surface area contributed by atoms with Crippen molar-refractivity contribution in [3.05, 3.63) is 12.7 Å². The lowest BCUT2D eigenvalue weighted by Gasteiger charge is -2.46. The van der Waals surface area contributed by atoms with Crippen LogP contribution in [0.3, 0.4) is 0 Å². The van der Waals surface area contributed by atoms with Crippen LogP contribution in [0.2, 0.25) is 0 Å². The van der Waals surface area contributed by atoms with Crippen LogP contribution in [0.4, 0.5) is 0 Å². The largest absolute Gasteiger partial charge is 0.312 e. The van der Waals surface area contributed by atoms with E-state index in [-0.39, 0.29) is 0 Å². The quantitative estimate of drug-likeness (QED) is 0.653. The average Bonchev–Trinajstić information content (AvgIpc) is 2.81. The van der Waals surface area contributed by atoms with Gasteiger partial charge in [0.25, 0.3) is 0 Å². The second kappa shape index (κ2) is 7.17. The van der Waals surface area contributed by atoms with Crippen LogP contribution in [0.25, 0.3) is 0 Å². The Labute approximate surface area is 107 Å². The maximum absolute atomic E-state index is 3.94. The molecule has 0 bridgehead atoms. The van der Waals surface area contributed by atoms with Crippen molar-refractivity contribution < 1.29 is 0 Å². The van der Waals surface area contributed by atoms with Gasteiger partial charge in [-0.15, -0.1) is 6.58 Å². The molecule has 0 radical (unpaired) electrons. The molecule has 1 unspecified atom stereocenters. The number of hydrogen-bond acceptors (Lipinski definition) is 2. The molecule has 0 heterocycles. The Morgan fingerprint density at radius 1 is 1.24 bits per heavy atom. The molecule has 100 valence electrons. The van der Waals surface area contributed by atoms with Gasteiger partial charge in [0.2, 0.25) is 0 Å². The van der Waals surface area contributed by atoms with Gasteiger partial charge in [-0.2, -0.15) is 0 Å². The lowest BCUT2D eigenvalue weighted by molar-refractivity contribution is 0.0645. The zero-order valence-corrected chi connectivity index (χ0v) is 12.0. The second-order valence-corrected chi connectivity index (χ2v) is 5.12. The Morgan fingerprint density at radius 2 is 1.82 bits per heavy atom. The highest BCUT2D eigenvalue weighted by Gasteiger charge is 2.43. The van der Waals surface area contributed by atoms with Crippen LogP contribution >= 0.6 is 0 Å². The first-order valence-electron chi connectivity index (χ1n) is 7.34. The number of rotatable bonds is 8. The Bertz CT molecular complexity index is 215. The van der Waals surface area contributed by atoms with E-state index in [1.807, 2.05) is 0 Å². The molecule has 2 nitrogen and oxygen atoms in total. The molecule has 0 amide bonds. The van der Waals surface area contributed by atoms with Gasteiger partial charge in [-0.05, 0) is 38.9 Å². The van der Waals surface area contributed by atoms with E-state index in [0.717, 1.165) is 26.1 Å². The summed E-state index contributed by atoms with van der Waals surface area (Å²) in [6, 6.07) is 0.576. The summed E-state index contributed by atoms with van der Waals surface area (Å²) in [7, 11) is 0. The number of hydrogen-bond donors (Lipinski definition) is 1. The summed E-state index contributed by atoms with van der Waals surface area (Å²) in [6.07, 6.45) is 8.63. The van der Waals surface area contributed by atoms with Crippen molar-refractivity contribution in [2.24, 2.45) is 0 Å². The number of likely N-dealkylation sites (N-methyl/N-ethyl adjacent to an activating group) is 2. The monoisotopic (exact) mass is 238 g/mol. The fourth-order valence-electron chi connectivity index (χ4n) is 3.63. The molecule has 1 saturated carbocycles. The molecule has 17 heavy (non-hydrogen) atoms. The van der Waals surface area contributed by atoms with Crippen molar-refractivity contribution >= 4 is 0 Å². The number of nitrogens with one attached hydrogen (secondary N) is 1. The van der Waals surface area contributed by atoms with Crippen LogP contribution in [0, 0.1) is 0 Å². The highest BCUT2D eigenvalue weighted by Crippen LogP contribution is 2.39. The first-order chi connectivity index (χ1) is 8.25. The Kier molecular flexibility index (Phi) is 6.21. The molecule has 0 aromatic rings. The van der Waals surface area contributed by atoms with E-state index in [4.69, 9.17) is 0 Å². The third kappa shape index (κ3) is 3.11. The fourth-order valence-corrected chi connectivity index (χ4v) is 3.63. The minimum absolute atomic E-state index is 0.383. The summed E-state index contributed by atoms with van der Waals surface area (Å²) < 4.78 is 0. The van der Waals surface area contributed by atoms with Crippen molar-refractivity contribution in [1.82, 2.24) is 10.2 Å². The SMILES string of the molecule is C=CCC(NCC)C1(N(CC)CC)CCCC1. The van der Waals surface area contributed by atoms with Crippen LogP contribution < -0.4 is 5.32 Å². The molecule has 0 spiro atoms. The van der Waals surface area contributed by atoms with Crippen molar-refractivity contribution in [2.75, 3.05) is 19.6 Å². The maximum Gasteiger partial charge on any atom is 0.0365 e. The first kappa shape index (κ1) is 14.7. The summed E-state index contributed by atoms with van der Waals surface area (Å²) in [6.45, 7) is 14.1. The minimum Gasteiger partial charge on any atom is -0.312 e. The summed E-state index contributed by atoms with van der Waals surface area (Å²) in [5.41, 5.74) is 0.383. The third-order valence-corrected chi connectivity index (χ3v) is 4.36. The van der Waals surface area contributed by atoms with Gasteiger partial charge in [-0.25, -0.2) is 0 Å². The van der Waals surface area contributed by atoms with Crippen molar-refractivity contribution in [3.63, 3.8) is 0 Å². The van der Waals surface area contributed by atoms with Crippen LogP contribution in [0.5, 0.6) is 0 Å². The lowest BCUT2D eigenvalue weighted by Crippen LogP contribution is -2.59. The molecular weight excluding hydrogens is 208 g/mol. The maximum atomic E-state index is 3.94. The minimum atomic E-state index is 0.383. The van der Waals surface area contributed by atoms with E-state index in [1.54, 1.807) is 0 Å². The Hall–Kier alpha value is -0.340. The van der Waals surface area contributed by atoms with E-state index in [1.165, 1.54) is 25.7 Å². The molecule has 1 atom stereocenters. The normalized spacial score (nSPS) is 20.7. The molecule has 0 aliphatic heterocycles. The summed E-state index contributed by atoms with van der Waals surface area (Å²) in [4.78, 5) is 2.68. The summed E-state index contributed by atoms with van der Waals surface area (Å²) in [5.74, 6) is 0. The average molecular weight is 238 g/mol. The van der Waals surface area contributed by atoms with Gasteiger partial charge < -0.3 is 5.32 Å². The highest BCUT2D eigenvalue weighted by atomic mass is 15.2. The van der Waals surface area contributed by atoms with Crippen LogP contribution in [0.1, 0.15) is 52.9 Å². The van der Waals surface area contributed by atoms with Gasteiger partial charge in [0.05, 0.1) is 0 Å². The first-order valence-corrected chi connectivity index (χ1v) is 7.34. The summed E-state index contributed by atoms with van der Waals surface area (Å²) in [5, 5.41) is 3.70. The van der Waals surface area contributed by atoms with Gasteiger partial charge in [0, 0.05) is 11.6 Å². The van der Waals surface area contributed by atoms with E-state index >= 15 is 0 Å². The van der Waals surface area contributed by atoms with Gasteiger partial charge in [-0.1, -0.05) is 39.7 Å².